The number of carbonyl (C=O) groups excluding carboxylic acids is 1. The minimum atomic E-state index is -0.455. The number of likely N-dealkylation sites (N-methyl/N-ethyl adjacent to an activating group) is 1. The molecule has 7 nitrogen and oxygen atoms in total. The first-order chi connectivity index (χ1) is 16.1. The second-order valence-electron chi connectivity index (χ2n) is 8.74. The molecule has 1 aromatic heterocycles. The Labute approximate surface area is 194 Å². The molecule has 0 radical (unpaired) electrons. The first-order valence-corrected chi connectivity index (χ1v) is 11.7. The third-order valence-electron chi connectivity index (χ3n) is 6.28. The molecule has 1 aliphatic heterocycles. The lowest BCUT2D eigenvalue weighted by molar-refractivity contribution is -0.120. The Bertz CT molecular complexity index is 1040. The zero-order valence-electron chi connectivity index (χ0n) is 19.3. The average molecular weight is 453 g/mol. The van der Waals surface area contributed by atoms with Crippen LogP contribution in [0.1, 0.15) is 66.0 Å². The third kappa shape index (κ3) is 5.51. The minimum Gasteiger partial charge on any atom is -0.394 e. The van der Waals surface area contributed by atoms with Gasteiger partial charge in [-0.1, -0.05) is 12.8 Å². The van der Waals surface area contributed by atoms with Gasteiger partial charge < -0.3 is 26.3 Å². The third-order valence-corrected chi connectivity index (χ3v) is 6.28. The maximum Gasteiger partial charge on any atom is 0.174 e. The largest absolute Gasteiger partial charge is 0.394 e. The average Bonchev–Trinajstić information content (AvgIpc) is 3.48. The molecule has 0 spiro atoms. The van der Waals surface area contributed by atoms with Crippen LogP contribution in [0.3, 0.4) is 0 Å². The number of imidazole rings is 1. The fourth-order valence-electron chi connectivity index (χ4n) is 4.69. The highest BCUT2D eigenvalue weighted by atomic mass is 19.1. The van der Waals surface area contributed by atoms with Crippen LogP contribution in [-0.2, 0) is 11.3 Å². The summed E-state index contributed by atoms with van der Waals surface area (Å²) in [7, 11) is 3.67. The van der Waals surface area contributed by atoms with Crippen LogP contribution < -0.4 is 21.3 Å². The molecule has 1 unspecified atom stereocenters. The van der Waals surface area contributed by atoms with Crippen LogP contribution in [0.4, 0.5) is 4.39 Å². The smallest absolute Gasteiger partial charge is 0.174 e. The van der Waals surface area contributed by atoms with E-state index in [0.29, 0.717) is 19.0 Å². The highest BCUT2D eigenvalue weighted by Crippen LogP contribution is 2.34. The van der Waals surface area contributed by atoms with Gasteiger partial charge in [-0.3, -0.25) is 4.79 Å². The predicted octanol–water partition coefficient (Wildman–Crippen LogP) is 2.96. The Morgan fingerprint density at radius 1 is 1.21 bits per heavy atom. The molecule has 0 bridgehead atoms. The van der Waals surface area contributed by atoms with Crippen molar-refractivity contribution in [1.29, 1.82) is 0 Å². The molecule has 0 saturated heterocycles. The van der Waals surface area contributed by atoms with Gasteiger partial charge in [0.25, 0.3) is 0 Å². The molecule has 1 aromatic carbocycles. The van der Waals surface area contributed by atoms with Gasteiger partial charge in [0.15, 0.2) is 5.78 Å². The molecule has 2 heterocycles. The molecule has 2 aliphatic rings. The van der Waals surface area contributed by atoms with Crippen LogP contribution in [0, 0.1) is 5.82 Å². The topological polar surface area (TPSA) is 93.9 Å². The predicted molar refractivity (Wildman–Crippen MR) is 129 cm³/mol. The van der Waals surface area contributed by atoms with Crippen molar-refractivity contribution in [3.05, 3.63) is 64.8 Å². The summed E-state index contributed by atoms with van der Waals surface area (Å²) in [6.07, 6.45) is 10.3. The van der Waals surface area contributed by atoms with Gasteiger partial charge in [-0.15, -0.1) is 0 Å². The molecule has 0 amide bonds. The number of halogens is 1. The molecule has 8 heteroatoms. The van der Waals surface area contributed by atoms with Gasteiger partial charge in [0.05, 0.1) is 17.9 Å². The molecule has 1 atom stereocenters. The SMILES string of the molecule is CN/C=C(\CNC)c1cc(F)cc(CNCC(=O)C2NC=Cc3nc(C4CCCC4)[nH]c32)c1. The van der Waals surface area contributed by atoms with E-state index in [-0.39, 0.29) is 18.1 Å². The van der Waals surface area contributed by atoms with Crippen molar-refractivity contribution in [3.8, 4) is 0 Å². The van der Waals surface area contributed by atoms with Crippen molar-refractivity contribution < 1.29 is 9.18 Å². The van der Waals surface area contributed by atoms with Crippen molar-refractivity contribution in [2.24, 2.45) is 0 Å². The number of H-pyrrole nitrogens is 1. The standard InChI is InChI=1S/C25H33FN6O/c1-27-13-19(14-28-2)18-9-16(10-20(26)11-18)12-29-15-22(33)24-23-21(7-8-30-24)31-25(32-23)17-5-3-4-6-17/h7-11,13,17,24,27-30H,3-6,12,14-15H2,1-2H3,(H,31,32)/b19-13+. The molecule has 5 N–H and O–H groups in total. The maximum atomic E-state index is 14.2. The van der Waals surface area contributed by atoms with E-state index in [1.807, 2.05) is 32.4 Å². The van der Waals surface area contributed by atoms with Crippen molar-refractivity contribution in [1.82, 2.24) is 31.2 Å². The summed E-state index contributed by atoms with van der Waals surface area (Å²) in [6.45, 7) is 1.19. The van der Waals surface area contributed by atoms with E-state index in [0.717, 1.165) is 46.8 Å². The number of hydrogen-bond acceptors (Lipinski definition) is 6. The van der Waals surface area contributed by atoms with Crippen LogP contribution in [-0.4, -0.2) is 42.9 Å². The lowest BCUT2D eigenvalue weighted by Crippen LogP contribution is -2.34. The van der Waals surface area contributed by atoms with Crippen molar-refractivity contribution in [2.45, 2.75) is 44.2 Å². The van der Waals surface area contributed by atoms with Gasteiger partial charge in [0.2, 0.25) is 0 Å². The summed E-state index contributed by atoms with van der Waals surface area (Å²) in [5.41, 5.74) is 4.24. The highest BCUT2D eigenvalue weighted by molar-refractivity contribution is 5.88. The Morgan fingerprint density at radius 2 is 2.03 bits per heavy atom. The molecule has 4 rings (SSSR count). The summed E-state index contributed by atoms with van der Waals surface area (Å²) in [5.74, 6) is 1.18. The Morgan fingerprint density at radius 3 is 2.79 bits per heavy atom. The maximum absolute atomic E-state index is 14.2. The Hall–Kier alpha value is -2.97. The molecule has 176 valence electrons. The number of fused-ring (bicyclic) bond motifs is 1. The van der Waals surface area contributed by atoms with Crippen molar-refractivity contribution in [2.75, 3.05) is 27.2 Å². The second-order valence-corrected chi connectivity index (χ2v) is 8.74. The molecule has 1 saturated carbocycles. The van der Waals surface area contributed by atoms with Gasteiger partial charge in [0.1, 0.15) is 17.7 Å². The zero-order chi connectivity index (χ0) is 23.2. The van der Waals surface area contributed by atoms with E-state index in [1.54, 1.807) is 6.20 Å². The molecule has 1 aliphatic carbocycles. The Kier molecular flexibility index (Phi) is 7.57. The minimum absolute atomic E-state index is 0.0183. The van der Waals surface area contributed by atoms with E-state index in [1.165, 1.54) is 25.0 Å². The number of nitrogens with zero attached hydrogens (tertiary/aromatic N) is 1. The monoisotopic (exact) mass is 452 g/mol. The normalized spacial score (nSPS) is 18.3. The number of benzene rings is 1. The number of aromatic nitrogens is 2. The fourth-order valence-corrected chi connectivity index (χ4v) is 4.69. The lowest BCUT2D eigenvalue weighted by Gasteiger charge is -2.19. The molecular formula is C25H33FN6O. The number of ketones is 1. The van der Waals surface area contributed by atoms with E-state index < -0.39 is 6.04 Å². The summed E-state index contributed by atoms with van der Waals surface area (Å²) >= 11 is 0. The van der Waals surface area contributed by atoms with Crippen LogP contribution in [0.5, 0.6) is 0 Å². The summed E-state index contributed by atoms with van der Waals surface area (Å²) < 4.78 is 14.2. The summed E-state index contributed by atoms with van der Waals surface area (Å²) in [6, 6.07) is 4.52. The summed E-state index contributed by atoms with van der Waals surface area (Å²) in [5, 5.41) is 12.5. The number of Topliss-reactive ketones (excluding diaryl/α,β-unsaturated/α-hetero) is 1. The lowest BCUT2D eigenvalue weighted by atomic mass is 10.0. The Balaban J connectivity index is 1.39. The number of hydrogen-bond donors (Lipinski definition) is 5. The summed E-state index contributed by atoms with van der Waals surface area (Å²) in [4.78, 5) is 21.2. The zero-order valence-corrected chi connectivity index (χ0v) is 19.3. The van der Waals surface area contributed by atoms with Gasteiger partial charge in [-0.05, 0) is 67.1 Å². The van der Waals surface area contributed by atoms with E-state index in [9.17, 15) is 9.18 Å². The van der Waals surface area contributed by atoms with Gasteiger partial charge in [-0.25, -0.2) is 9.37 Å². The van der Waals surface area contributed by atoms with Gasteiger partial charge in [0, 0.05) is 32.3 Å². The van der Waals surface area contributed by atoms with E-state index in [4.69, 9.17) is 4.98 Å². The first kappa shape index (κ1) is 23.2. The molecule has 1 fully saturated rings. The van der Waals surface area contributed by atoms with Gasteiger partial charge >= 0.3 is 0 Å². The molecule has 33 heavy (non-hydrogen) atoms. The highest BCUT2D eigenvalue weighted by Gasteiger charge is 2.29. The van der Waals surface area contributed by atoms with Crippen LogP contribution in [0.25, 0.3) is 11.6 Å². The number of nitrogens with one attached hydrogen (secondary N) is 5. The van der Waals surface area contributed by atoms with E-state index >= 15 is 0 Å². The second kappa shape index (κ2) is 10.8. The van der Waals surface area contributed by atoms with Crippen LogP contribution in [0.15, 0.2) is 30.6 Å². The van der Waals surface area contributed by atoms with E-state index in [2.05, 4.69) is 26.3 Å². The first-order valence-electron chi connectivity index (χ1n) is 11.7. The number of rotatable bonds is 10. The van der Waals surface area contributed by atoms with Gasteiger partial charge in [-0.2, -0.15) is 0 Å². The van der Waals surface area contributed by atoms with Crippen LogP contribution >= 0.6 is 0 Å². The molecular weight excluding hydrogens is 419 g/mol. The van der Waals surface area contributed by atoms with Crippen molar-refractivity contribution >= 4 is 17.4 Å². The van der Waals surface area contributed by atoms with Crippen LogP contribution in [0.2, 0.25) is 0 Å². The number of carbonyl (C=O) groups is 1. The quantitative estimate of drug-likeness (QED) is 0.381. The van der Waals surface area contributed by atoms with Crippen molar-refractivity contribution in [3.63, 3.8) is 0 Å². The molecule has 2 aromatic rings. The fraction of sp³-hybridized carbons (Fsp3) is 0.440. The number of aromatic amines is 1.